The van der Waals surface area contributed by atoms with Gasteiger partial charge in [0.15, 0.2) is 0 Å². The van der Waals surface area contributed by atoms with E-state index in [1.165, 1.54) is 0 Å². The smallest absolute Gasteiger partial charge is 0.306 e. The number of phenols is 4. The predicted molar refractivity (Wildman–Crippen MR) is 366 cm³/mol. The number of rotatable bonds is 24. The predicted octanol–water partition coefficient (Wildman–Crippen LogP) is 16.7. The Labute approximate surface area is 538 Å². The van der Waals surface area contributed by atoms with Crippen molar-refractivity contribution in [3.8, 4) is 23.0 Å². The third-order valence-corrected chi connectivity index (χ3v) is 20.9. The van der Waals surface area contributed by atoms with Crippen LogP contribution in [0.2, 0.25) is 0 Å². The molecule has 0 bridgehead atoms. The fraction of sp³-hybridized carbons (Fsp3) is 0.632. The minimum absolute atomic E-state index is 0.0211. The van der Waals surface area contributed by atoms with Gasteiger partial charge in [-0.05, 0) is 136 Å². The highest BCUT2D eigenvalue weighted by Gasteiger charge is 2.33. The molecule has 0 aromatic heterocycles. The first kappa shape index (κ1) is 75.8. The van der Waals surface area contributed by atoms with E-state index in [2.05, 4.69) is 166 Å². The Hall–Kier alpha value is -5.69. The highest BCUT2D eigenvalue weighted by Crippen LogP contribution is 2.48. The van der Waals surface area contributed by atoms with E-state index in [9.17, 15) is 39.6 Å². The zero-order chi connectivity index (χ0) is 67.8. The number of benzene rings is 4. The average Bonchev–Trinajstić information content (AvgIpc) is 0.873. The van der Waals surface area contributed by atoms with Gasteiger partial charge < -0.3 is 39.4 Å². The van der Waals surface area contributed by atoms with Gasteiger partial charge in [0.05, 0.1) is 26.4 Å². The lowest BCUT2D eigenvalue weighted by atomic mass is 9.78. The Morgan fingerprint density at radius 2 is 0.416 bits per heavy atom. The van der Waals surface area contributed by atoms with Crippen LogP contribution in [0.3, 0.4) is 0 Å². The lowest BCUT2D eigenvalue weighted by Gasteiger charge is -2.39. The molecule has 4 aromatic carbocycles. The van der Waals surface area contributed by atoms with Gasteiger partial charge in [-0.15, -0.1) is 0 Å². The number of esters is 4. The van der Waals surface area contributed by atoms with Gasteiger partial charge in [0, 0.05) is 48.7 Å². The largest absolute Gasteiger partial charge is 0.507 e. The molecule has 0 heterocycles. The summed E-state index contributed by atoms with van der Waals surface area (Å²) in [5.41, 5.74) is 7.36. The van der Waals surface area contributed by atoms with E-state index < -0.39 is 33.9 Å². The van der Waals surface area contributed by atoms with Crippen molar-refractivity contribution in [2.75, 3.05) is 49.4 Å². The molecule has 4 N–H and O–H groups in total. The van der Waals surface area contributed by atoms with Crippen molar-refractivity contribution in [3.05, 3.63) is 115 Å². The van der Waals surface area contributed by atoms with Gasteiger partial charge in [0.2, 0.25) is 0 Å². The van der Waals surface area contributed by atoms with Crippen molar-refractivity contribution < 1.29 is 58.6 Å². The second kappa shape index (κ2) is 29.3. The molecule has 0 aliphatic rings. The topological polar surface area (TPSA) is 186 Å². The number of carbonyl (C=O) groups is 4. The fourth-order valence-corrected chi connectivity index (χ4v) is 14.1. The molecule has 12 nitrogen and oxygen atoms in total. The first-order chi connectivity index (χ1) is 40.4. The van der Waals surface area contributed by atoms with Crippen LogP contribution in [-0.4, -0.2) is 93.7 Å². The molecular weight excluding hydrogens is 1140 g/mol. The van der Waals surface area contributed by atoms with Crippen molar-refractivity contribution in [2.45, 2.75) is 261 Å². The normalized spacial score (nSPS) is 13.3. The van der Waals surface area contributed by atoms with Crippen LogP contribution in [0, 0.1) is 0 Å². The lowest BCUT2D eigenvalue weighted by molar-refractivity contribution is -0.143. The molecule has 13 heteroatoms. The quantitative estimate of drug-likeness (QED) is 0.0385. The van der Waals surface area contributed by atoms with E-state index in [4.69, 9.17) is 18.9 Å². The van der Waals surface area contributed by atoms with E-state index in [1.807, 2.05) is 48.5 Å². The van der Waals surface area contributed by atoms with Gasteiger partial charge in [-0.25, -0.2) is 10.0 Å². The Kier molecular flexibility index (Phi) is 24.9. The molecule has 0 saturated carbocycles. The van der Waals surface area contributed by atoms with Crippen molar-refractivity contribution >= 4 is 33.9 Å². The second-order valence-corrected chi connectivity index (χ2v) is 37.2. The summed E-state index contributed by atoms with van der Waals surface area (Å²) in [4.78, 5) is 55.2. The number of ether oxygens (including phenoxy) is 4. The highest BCUT2D eigenvalue weighted by atomic mass is 32.3. The Balaban J connectivity index is 1.67. The summed E-state index contributed by atoms with van der Waals surface area (Å²) in [7, 11) is -2.06. The SMILES string of the molecule is CC(C)(C)c1cc(CCC(=O)OCCS(CCOC(=O)CCc2cc(C(C)(C)C)c(O)c(C(C)(C)C)c2)(CCOC(=O)CCc2cc(C(C)(C)C)c(O)c(C(C)(C)C)c2)CCOC(=O)CCc2cc(C(C)(C)C)c(O)c(C(C)(C)C)c2)cc(C(C)(C)C)c1O. The van der Waals surface area contributed by atoms with Gasteiger partial charge in [-0.2, -0.15) is 0 Å². The van der Waals surface area contributed by atoms with Crippen LogP contribution < -0.4 is 0 Å². The maximum atomic E-state index is 13.8. The van der Waals surface area contributed by atoms with E-state index >= 15 is 0 Å². The minimum atomic E-state index is -2.06. The Morgan fingerprint density at radius 3 is 0.539 bits per heavy atom. The van der Waals surface area contributed by atoms with Gasteiger partial charge in [0.25, 0.3) is 0 Å². The number of carbonyl (C=O) groups excluding carboxylic acids is 4. The summed E-state index contributed by atoms with van der Waals surface area (Å²) in [6.45, 7) is 49.4. The molecular formula is C76H116O12S. The fourth-order valence-electron chi connectivity index (χ4n) is 11.1. The Morgan fingerprint density at radius 1 is 0.281 bits per heavy atom. The van der Waals surface area contributed by atoms with E-state index in [1.54, 1.807) is 0 Å². The number of hydrogen-bond donors (Lipinski definition) is 4. The number of aromatic hydroxyl groups is 4. The molecule has 0 radical (unpaired) electrons. The summed E-state index contributed by atoms with van der Waals surface area (Å²) >= 11 is 0. The molecule has 0 amide bonds. The molecule has 0 fully saturated rings. The molecule has 0 atom stereocenters. The lowest BCUT2D eigenvalue weighted by Crippen LogP contribution is -2.29. The standard InChI is InChI=1S/C76H116O12S/c1-69(2,3)53-41-49(42-54(65(53)81)70(4,5)6)25-29-61(77)85-33-37-89(38-34-86-62(78)30-26-50-43-55(71(7,8)9)66(82)56(44-50)72(10,11)12,39-35-87-63(79)31-27-51-45-57(73(13,14)15)67(83)58(46-51)74(16,17)18)40-36-88-64(80)32-28-52-47-59(75(19,20)21)68(84)60(48-52)76(22,23)24/h41-48,81-84H,25-40H2,1-24H3. The van der Waals surface area contributed by atoms with Gasteiger partial charge in [-0.1, -0.05) is 215 Å². The first-order valence-corrected chi connectivity index (χ1v) is 34.6. The van der Waals surface area contributed by atoms with Crippen LogP contribution in [0.1, 0.15) is 259 Å². The molecule has 498 valence electrons. The molecule has 0 unspecified atom stereocenters. The van der Waals surface area contributed by atoms with Gasteiger partial charge in [0.1, 0.15) is 23.0 Å². The van der Waals surface area contributed by atoms with Crippen LogP contribution in [-0.2, 0) is 107 Å². The summed E-state index contributed by atoms with van der Waals surface area (Å²) in [5.74, 6) is 0.858. The van der Waals surface area contributed by atoms with E-state index in [0.717, 1.165) is 66.8 Å². The third kappa shape index (κ3) is 22.3. The van der Waals surface area contributed by atoms with Crippen molar-refractivity contribution in [1.82, 2.24) is 0 Å². The third-order valence-electron chi connectivity index (χ3n) is 16.7. The minimum Gasteiger partial charge on any atom is -0.507 e. The highest BCUT2D eigenvalue weighted by molar-refractivity contribution is 8.33. The van der Waals surface area contributed by atoms with Crippen LogP contribution >= 0.6 is 10.0 Å². The molecule has 0 aliphatic heterocycles. The molecule has 0 saturated heterocycles. The second-order valence-electron chi connectivity index (χ2n) is 33.1. The van der Waals surface area contributed by atoms with E-state index in [-0.39, 0.29) is 118 Å². The van der Waals surface area contributed by atoms with Crippen LogP contribution in [0.15, 0.2) is 48.5 Å². The van der Waals surface area contributed by atoms with Crippen molar-refractivity contribution in [1.29, 1.82) is 0 Å². The van der Waals surface area contributed by atoms with Crippen LogP contribution in [0.5, 0.6) is 23.0 Å². The summed E-state index contributed by atoms with van der Waals surface area (Å²) < 4.78 is 24.3. The van der Waals surface area contributed by atoms with Gasteiger partial charge in [-0.3, -0.25) is 19.2 Å². The summed E-state index contributed by atoms with van der Waals surface area (Å²) in [6, 6.07) is 15.8. The van der Waals surface area contributed by atoms with Crippen molar-refractivity contribution in [2.24, 2.45) is 0 Å². The number of aryl methyl sites for hydroxylation is 4. The monoisotopic (exact) mass is 1250 g/mol. The summed E-state index contributed by atoms with van der Waals surface area (Å²) in [5, 5.41) is 45.5. The average molecular weight is 1250 g/mol. The number of hydrogen-bond acceptors (Lipinski definition) is 12. The zero-order valence-electron chi connectivity index (χ0n) is 59.4. The first-order valence-electron chi connectivity index (χ1n) is 32.3. The molecule has 89 heavy (non-hydrogen) atoms. The Bertz CT molecular complexity index is 2550. The van der Waals surface area contributed by atoms with Gasteiger partial charge >= 0.3 is 23.9 Å². The van der Waals surface area contributed by atoms with Crippen LogP contribution in [0.25, 0.3) is 0 Å². The molecule has 0 spiro atoms. The maximum absolute atomic E-state index is 13.8. The molecule has 4 aromatic rings. The van der Waals surface area contributed by atoms with Crippen LogP contribution in [0.4, 0.5) is 0 Å². The zero-order valence-corrected chi connectivity index (χ0v) is 60.2. The number of phenolic OH excluding ortho intramolecular Hbond substituents is 4. The maximum Gasteiger partial charge on any atom is 0.306 e. The molecule has 4 rings (SSSR count). The molecule has 0 aliphatic carbocycles. The van der Waals surface area contributed by atoms with Crippen molar-refractivity contribution in [3.63, 3.8) is 0 Å². The van der Waals surface area contributed by atoms with E-state index in [0.29, 0.717) is 48.7 Å². The summed E-state index contributed by atoms with van der Waals surface area (Å²) in [6.07, 6.45) is 1.93.